The Morgan fingerprint density at radius 2 is 1.55 bits per heavy atom. The molecule has 2 bridgehead atoms. The third-order valence-corrected chi connectivity index (χ3v) is 8.01. The SMILES string of the molecule is ClC1=C(Cl)C2(Cl)C(Oc3ccccc3)CC1(Cl)C2(Cl)Cl. The first-order valence-electron chi connectivity index (χ1n) is 5.78. The highest BCUT2D eigenvalue weighted by molar-refractivity contribution is 6.65. The van der Waals surface area contributed by atoms with Gasteiger partial charge in [0.05, 0.1) is 10.1 Å². The molecule has 3 rings (SSSR count). The first kappa shape index (κ1) is 15.4. The van der Waals surface area contributed by atoms with Crippen LogP contribution >= 0.6 is 69.6 Å². The van der Waals surface area contributed by atoms with Gasteiger partial charge in [0, 0.05) is 6.42 Å². The van der Waals surface area contributed by atoms with Gasteiger partial charge in [-0.2, -0.15) is 0 Å². The van der Waals surface area contributed by atoms with Crippen molar-refractivity contribution in [2.24, 2.45) is 0 Å². The highest BCUT2D eigenvalue weighted by Crippen LogP contribution is 2.72. The molecule has 0 saturated heterocycles. The maximum atomic E-state index is 6.59. The van der Waals surface area contributed by atoms with Crippen LogP contribution in [0.4, 0.5) is 0 Å². The van der Waals surface area contributed by atoms with Crippen molar-refractivity contribution in [2.75, 3.05) is 0 Å². The van der Waals surface area contributed by atoms with Gasteiger partial charge in [-0.1, -0.05) is 64.6 Å². The van der Waals surface area contributed by atoms with Crippen molar-refractivity contribution in [3.05, 3.63) is 40.4 Å². The number of benzene rings is 1. The highest BCUT2D eigenvalue weighted by atomic mass is 35.5. The van der Waals surface area contributed by atoms with Crippen LogP contribution in [0.1, 0.15) is 6.42 Å². The zero-order chi connectivity index (χ0) is 14.8. The van der Waals surface area contributed by atoms with Crippen molar-refractivity contribution >= 4 is 69.6 Å². The maximum Gasteiger partial charge on any atom is 0.170 e. The van der Waals surface area contributed by atoms with E-state index < -0.39 is 20.2 Å². The second-order valence-corrected chi connectivity index (χ2v) is 8.16. The lowest BCUT2D eigenvalue weighted by Gasteiger charge is -2.33. The fourth-order valence-corrected chi connectivity index (χ4v) is 5.31. The molecule has 1 fully saturated rings. The number of rotatable bonds is 2. The summed E-state index contributed by atoms with van der Waals surface area (Å²) >= 11 is 38.2. The lowest BCUT2D eigenvalue weighted by molar-refractivity contribution is 0.183. The highest BCUT2D eigenvalue weighted by Gasteiger charge is 2.79. The molecule has 0 radical (unpaired) electrons. The van der Waals surface area contributed by atoms with Crippen LogP contribution < -0.4 is 4.74 Å². The van der Waals surface area contributed by atoms with Crippen LogP contribution in [0.25, 0.3) is 0 Å². The van der Waals surface area contributed by atoms with Crippen LogP contribution in [0, 0.1) is 0 Å². The molecule has 3 unspecified atom stereocenters. The first-order chi connectivity index (χ1) is 9.25. The molecule has 0 heterocycles. The largest absolute Gasteiger partial charge is 0.488 e. The Kier molecular flexibility index (Phi) is 3.65. The van der Waals surface area contributed by atoms with Gasteiger partial charge in [0.2, 0.25) is 0 Å². The van der Waals surface area contributed by atoms with E-state index in [0.29, 0.717) is 5.75 Å². The summed E-state index contributed by atoms with van der Waals surface area (Å²) in [6.07, 6.45) is -0.302. The molecule has 7 heteroatoms. The zero-order valence-corrected chi connectivity index (χ0v) is 14.4. The summed E-state index contributed by atoms with van der Waals surface area (Å²) in [5, 5.41) is 0.335. The molecule has 1 nitrogen and oxygen atoms in total. The van der Waals surface area contributed by atoms with Gasteiger partial charge in [-0.25, -0.2) is 0 Å². The molecule has 0 amide bonds. The van der Waals surface area contributed by atoms with Gasteiger partial charge in [-0.15, -0.1) is 23.2 Å². The lowest BCUT2D eigenvalue weighted by Crippen LogP contribution is -2.47. The summed E-state index contributed by atoms with van der Waals surface area (Å²) in [4.78, 5) is -2.61. The monoisotopic (exact) mass is 390 g/mol. The molecule has 0 spiro atoms. The van der Waals surface area contributed by atoms with E-state index in [4.69, 9.17) is 74.3 Å². The second-order valence-electron chi connectivity index (χ2n) is 4.84. The average molecular weight is 393 g/mol. The topological polar surface area (TPSA) is 9.23 Å². The number of ether oxygens (including phenoxy) is 1. The zero-order valence-electron chi connectivity index (χ0n) is 9.85. The van der Waals surface area contributed by atoms with E-state index in [9.17, 15) is 0 Å². The molecule has 2 aliphatic rings. The van der Waals surface area contributed by atoms with Crippen LogP contribution in [0.3, 0.4) is 0 Å². The minimum absolute atomic E-state index is 0.146. The van der Waals surface area contributed by atoms with Gasteiger partial charge in [0.15, 0.2) is 9.21 Å². The van der Waals surface area contributed by atoms with Gasteiger partial charge in [0.25, 0.3) is 0 Å². The summed E-state index contributed by atoms with van der Waals surface area (Å²) in [6, 6.07) is 9.18. The minimum Gasteiger partial charge on any atom is -0.488 e. The van der Waals surface area contributed by atoms with Crippen LogP contribution in [-0.2, 0) is 0 Å². The summed E-state index contributed by atoms with van der Waals surface area (Å²) in [7, 11) is 0. The second kappa shape index (κ2) is 4.75. The van der Waals surface area contributed by atoms with E-state index in [0.717, 1.165) is 0 Å². The molecule has 0 aliphatic heterocycles. The predicted molar refractivity (Wildman–Crippen MR) is 85.8 cm³/mol. The summed E-state index contributed by atoms with van der Waals surface area (Å²) in [5.41, 5.74) is 0. The van der Waals surface area contributed by atoms with Crippen LogP contribution in [0.5, 0.6) is 5.75 Å². The molecule has 3 atom stereocenters. The maximum absolute atomic E-state index is 6.59. The molecule has 1 saturated carbocycles. The number of halogens is 6. The van der Waals surface area contributed by atoms with Crippen LogP contribution in [0.2, 0.25) is 0 Å². The summed E-state index contributed by atoms with van der Waals surface area (Å²) in [6.45, 7) is 0. The molecule has 20 heavy (non-hydrogen) atoms. The molecule has 1 aromatic carbocycles. The first-order valence-corrected chi connectivity index (χ1v) is 8.05. The predicted octanol–water partition coefficient (Wildman–Crippen LogP) is 5.67. The number of para-hydroxylation sites is 1. The van der Waals surface area contributed by atoms with Gasteiger partial charge >= 0.3 is 0 Å². The van der Waals surface area contributed by atoms with Gasteiger partial charge < -0.3 is 4.74 Å². The minimum atomic E-state index is -1.54. The van der Waals surface area contributed by atoms with E-state index in [2.05, 4.69) is 0 Å². The van der Waals surface area contributed by atoms with Gasteiger partial charge in [-0.3, -0.25) is 0 Å². The number of hydrogen-bond acceptors (Lipinski definition) is 1. The number of alkyl halides is 4. The number of hydrogen-bond donors (Lipinski definition) is 0. The molecule has 1 aromatic rings. The summed E-state index contributed by atoms with van der Waals surface area (Å²) < 4.78 is 4.32. The molecular formula is C13H8Cl6O. The lowest BCUT2D eigenvalue weighted by atomic mass is 10.0. The number of allylic oxidation sites excluding steroid dienone is 1. The third-order valence-electron chi connectivity index (χ3n) is 3.75. The fourth-order valence-electron chi connectivity index (χ4n) is 2.64. The Balaban J connectivity index is 2.02. The smallest absolute Gasteiger partial charge is 0.170 e. The van der Waals surface area contributed by atoms with Crippen molar-refractivity contribution in [3.8, 4) is 5.75 Å². The van der Waals surface area contributed by atoms with Gasteiger partial charge in [-0.05, 0) is 12.1 Å². The normalized spacial score (nSPS) is 38.4. The van der Waals surface area contributed by atoms with E-state index >= 15 is 0 Å². The molecule has 0 N–H and O–H groups in total. The molecule has 108 valence electrons. The Labute approximate surface area is 146 Å². The average Bonchev–Trinajstić information content (AvgIpc) is 2.62. The van der Waals surface area contributed by atoms with Crippen molar-refractivity contribution in [1.82, 2.24) is 0 Å². The Bertz CT molecular complexity index is 586. The quantitative estimate of drug-likeness (QED) is 0.589. The van der Waals surface area contributed by atoms with Gasteiger partial charge in [0.1, 0.15) is 16.7 Å². The van der Waals surface area contributed by atoms with E-state index in [1.807, 2.05) is 18.2 Å². The Hall–Kier alpha value is 0.500. The number of fused-ring (bicyclic) bond motifs is 2. The van der Waals surface area contributed by atoms with E-state index in [1.54, 1.807) is 12.1 Å². The summed E-state index contributed by atoms with van der Waals surface area (Å²) in [5.74, 6) is 0.634. The van der Waals surface area contributed by atoms with Crippen LogP contribution in [-0.4, -0.2) is 20.2 Å². The van der Waals surface area contributed by atoms with E-state index in [-0.39, 0.29) is 16.5 Å². The standard InChI is InChI=1S/C13H8Cl6O/c14-9-10(15)12(17)8(6-11(9,16)13(12,18)19)20-7-4-2-1-3-5-7/h1-5,8H,6H2. The Morgan fingerprint density at radius 3 is 2.05 bits per heavy atom. The fraction of sp³-hybridized carbons (Fsp3) is 0.385. The van der Waals surface area contributed by atoms with Crippen molar-refractivity contribution in [2.45, 2.75) is 26.6 Å². The third kappa shape index (κ3) is 1.71. The van der Waals surface area contributed by atoms with Crippen molar-refractivity contribution in [1.29, 1.82) is 0 Å². The Morgan fingerprint density at radius 1 is 0.950 bits per heavy atom. The van der Waals surface area contributed by atoms with Crippen molar-refractivity contribution < 1.29 is 4.74 Å². The molecule has 0 aromatic heterocycles. The molecular weight excluding hydrogens is 385 g/mol. The molecule has 2 aliphatic carbocycles. The van der Waals surface area contributed by atoms with Crippen molar-refractivity contribution in [3.63, 3.8) is 0 Å². The van der Waals surface area contributed by atoms with Crippen LogP contribution in [0.15, 0.2) is 40.4 Å². The van der Waals surface area contributed by atoms with E-state index in [1.165, 1.54) is 0 Å².